The fourth-order valence-electron chi connectivity index (χ4n) is 2.04. The molecule has 21 heavy (non-hydrogen) atoms. The molecule has 120 valence electrons. The van der Waals surface area contributed by atoms with Crippen LogP contribution in [0.25, 0.3) is 0 Å². The second-order valence-electron chi connectivity index (χ2n) is 5.50. The second kappa shape index (κ2) is 7.89. The van der Waals surface area contributed by atoms with E-state index in [9.17, 15) is 13.5 Å². The number of hydrogen-bond acceptors (Lipinski definition) is 4. The lowest BCUT2D eigenvalue weighted by Crippen LogP contribution is -2.36. The lowest BCUT2D eigenvalue weighted by atomic mass is 10.1. The van der Waals surface area contributed by atoms with E-state index in [1.165, 1.54) is 4.31 Å². The number of ether oxygens (including phenoxy) is 1. The van der Waals surface area contributed by atoms with Crippen LogP contribution in [0.2, 0.25) is 0 Å². The third-order valence-corrected chi connectivity index (χ3v) is 5.10. The zero-order valence-electron chi connectivity index (χ0n) is 13.2. The van der Waals surface area contributed by atoms with Crippen molar-refractivity contribution in [1.82, 2.24) is 4.31 Å². The molecule has 0 aliphatic rings. The first kappa shape index (κ1) is 18.1. The van der Waals surface area contributed by atoms with Crippen molar-refractivity contribution in [3.8, 4) is 0 Å². The maximum atomic E-state index is 12.7. The Morgan fingerprint density at radius 3 is 2.52 bits per heavy atom. The Morgan fingerprint density at radius 2 is 2.00 bits per heavy atom. The van der Waals surface area contributed by atoms with Crippen molar-refractivity contribution in [2.24, 2.45) is 5.92 Å². The average molecular weight is 315 g/mol. The molecule has 1 aromatic carbocycles. The second-order valence-corrected chi connectivity index (χ2v) is 7.43. The number of aliphatic hydroxyl groups excluding tert-OH is 1. The lowest BCUT2D eigenvalue weighted by Gasteiger charge is -2.24. The van der Waals surface area contributed by atoms with E-state index in [2.05, 4.69) is 0 Å². The Bertz CT molecular complexity index is 555. The molecule has 0 aromatic heterocycles. The molecule has 0 aliphatic carbocycles. The first-order valence-electron chi connectivity index (χ1n) is 7.02. The summed E-state index contributed by atoms with van der Waals surface area (Å²) in [5, 5.41) is 9.31. The van der Waals surface area contributed by atoms with Gasteiger partial charge in [-0.15, -0.1) is 0 Å². The minimum absolute atomic E-state index is 0.169. The fourth-order valence-corrected chi connectivity index (χ4v) is 3.68. The fraction of sp³-hybridized carbons (Fsp3) is 0.600. The van der Waals surface area contributed by atoms with Gasteiger partial charge in [0, 0.05) is 20.2 Å². The van der Waals surface area contributed by atoms with Crippen LogP contribution in [0, 0.1) is 12.8 Å². The summed E-state index contributed by atoms with van der Waals surface area (Å²) in [4.78, 5) is 0.217. The van der Waals surface area contributed by atoms with Crippen LogP contribution in [-0.4, -0.2) is 44.6 Å². The number of nitrogens with zero attached hydrogens (tertiary/aromatic N) is 1. The first-order valence-corrected chi connectivity index (χ1v) is 8.46. The Morgan fingerprint density at radius 1 is 1.33 bits per heavy atom. The molecule has 0 fully saturated rings. The maximum absolute atomic E-state index is 12.7. The molecular weight excluding hydrogens is 290 g/mol. The molecule has 0 radical (unpaired) electrons. The molecule has 0 atom stereocenters. The molecule has 0 unspecified atom stereocenters. The Kier molecular flexibility index (Phi) is 6.80. The summed E-state index contributed by atoms with van der Waals surface area (Å²) in [6.45, 7) is 6.74. The molecule has 1 aromatic rings. The molecule has 0 amide bonds. The van der Waals surface area contributed by atoms with Gasteiger partial charge in [-0.3, -0.25) is 0 Å². The highest BCUT2D eigenvalue weighted by Gasteiger charge is 2.25. The molecule has 0 bridgehead atoms. The van der Waals surface area contributed by atoms with Crippen molar-refractivity contribution in [3.63, 3.8) is 0 Å². The summed E-state index contributed by atoms with van der Waals surface area (Å²) in [6, 6.07) is 4.86. The van der Waals surface area contributed by atoms with Crippen molar-refractivity contribution in [1.29, 1.82) is 0 Å². The Labute approximate surface area is 127 Å². The van der Waals surface area contributed by atoms with Crippen LogP contribution in [0.5, 0.6) is 0 Å². The van der Waals surface area contributed by atoms with Gasteiger partial charge in [0.15, 0.2) is 0 Å². The smallest absolute Gasteiger partial charge is 0.243 e. The number of benzene rings is 1. The number of methoxy groups -OCH3 is 1. The molecule has 0 saturated carbocycles. The van der Waals surface area contributed by atoms with E-state index in [0.29, 0.717) is 25.3 Å². The van der Waals surface area contributed by atoms with Gasteiger partial charge in [0.2, 0.25) is 10.0 Å². The van der Waals surface area contributed by atoms with Crippen LogP contribution in [0.15, 0.2) is 23.1 Å². The van der Waals surface area contributed by atoms with Crippen LogP contribution < -0.4 is 0 Å². The van der Waals surface area contributed by atoms with Gasteiger partial charge >= 0.3 is 0 Å². The third-order valence-electron chi connectivity index (χ3n) is 3.24. The van der Waals surface area contributed by atoms with E-state index in [-0.39, 0.29) is 17.4 Å². The zero-order chi connectivity index (χ0) is 16.0. The molecular formula is C15H25NO4S. The molecule has 0 spiro atoms. The highest BCUT2D eigenvalue weighted by Crippen LogP contribution is 2.20. The van der Waals surface area contributed by atoms with Gasteiger partial charge in [0.05, 0.1) is 18.1 Å². The summed E-state index contributed by atoms with van der Waals surface area (Å²) in [5.41, 5.74) is 1.51. The predicted molar refractivity (Wildman–Crippen MR) is 82.6 cm³/mol. The van der Waals surface area contributed by atoms with Crippen LogP contribution in [-0.2, 0) is 21.4 Å². The van der Waals surface area contributed by atoms with E-state index >= 15 is 0 Å². The topological polar surface area (TPSA) is 66.8 Å². The summed E-state index contributed by atoms with van der Waals surface area (Å²) in [5.74, 6) is 0.222. The van der Waals surface area contributed by atoms with Crippen LogP contribution in [0.1, 0.15) is 25.0 Å². The van der Waals surface area contributed by atoms with E-state index < -0.39 is 10.0 Å². The Balaban J connectivity index is 3.14. The monoisotopic (exact) mass is 315 g/mol. The third kappa shape index (κ3) is 4.78. The van der Waals surface area contributed by atoms with Crippen LogP contribution in [0.4, 0.5) is 0 Å². The standard InChI is InChI=1S/C15H25NO4S/c1-12(2)10-16(7-8-20-4)21(18,19)15-6-5-13(3)14(9-15)11-17/h5-6,9,12,17H,7-8,10-11H2,1-4H3. The van der Waals surface area contributed by atoms with E-state index in [1.807, 2.05) is 20.8 Å². The highest BCUT2D eigenvalue weighted by atomic mass is 32.2. The largest absolute Gasteiger partial charge is 0.392 e. The van der Waals surface area contributed by atoms with Crippen molar-refractivity contribution < 1.29 is 18.3 Å². The zero-order valence-corrected chi connectivity index (χ0v) is 14.0. The van der Waals surface area contributed by atoms with E-state index in [4.69, 9.17) is 4.74 Å². The minimum Gasteiger partial charge on any atom is -0.392 e. The normalized spacial score (nSPS) is 12.3. The SMILES string of the molecule is COCCN(CC(C)C)S(=O)(=O)c1ccc(C)c(CO)c1. The average Bonchev–Trinajstić information content (AvgIpc) is 2.43. The van der Waals surface area contributed by atoms with Crippen molar-refractivity contribution in [2.75, 3.05) is 26.8 Å². The molecule has 0 saturated heterocycles. The molecule has 0 aliphatic heterocycles. The minimum atomic E-state index is -3.58. The van der Waals surface area contributed by atoms with Gasteiger partial charge in [-0.25, -0.2) is 8.42 Å². The number of aryl methyl sites for hydroxylation is 1. The number of sulfonamides is 1. The molecule has 5 nitrogen and oxygen atoms in total. The van der Waals surface area contributed by atoms with Gasteiger partial charge in [-0.1, -0.05) is 19.9 Å². The summed E-state index contributed by atoms with van der Waals surface area (Å²) in [7, 11) is -2.02. The Hall–Kier alpha value is -0.950. The van der Waals surface area contributed by atoms with Gasteiger partial charge in [-0.2, -0.15) is 4.31 Å². The van der Waals surface area contributed by atoms with Crippen LogP contribution in [0.3, 0.4) is 0 Å². The quantitative estimate of drug-likeness (QED) is 0.794. The van der Waals surface area contributed by atoms with Gasteiger partial charge < -0.3 is 9.84 Å². The molecule has 1 rings (SSSR count). The maximum Gasteiger partial charge on any atom is 0.243 e. The number of rotatable bonds is 8. The number of hydrogen-bond donors (Lipinski definition) is 1. The lowest BCUT2D eigenvalue weighted by molar-refractivity contribution is 0.175. The van der Waals surface area contributed by atoms with Crippen molar-refractivity contribution in [2.45, 2.75) is 32.3 Å². The highest BCUT2D eigenvalue weighted by molar-refractivity contribution is 7.89. The molecule has 0 heterocycles. The molecule has 6 heteroatoms. The summed E-state index contributed by atoms with van der Waals surface area (Å²) >= 11 is 0. The summed E-state index contributed by atoms with van der Waals surface area (Å²) < 4.78 is 31.9. The first-order chi connectivity index (χ1) is 9.82. The van der Waals surface area contributed by atoms with Crippen molar-refractivity contribution in [3.05, 3.63) is 29.3 Å². The van der Waals surface area contributed by atoms with E-state index in [1.54, 1.807) is 25.3 Å². The predicted octanol–water partition coefficient (Wildman–Crippen LogP) is 1.78. The number of aliphatic hydroxyl groups is 1. The molecule has 1 N–H and O–H groups in total. The van der Waals surface area contributed by atoms with E-state index in [0.717, 1.165) is 5.56 Å². The van der Waals surface area contributed by atoms with Gasteiger partial charge in [-0.05, 0) is 36.1 Å². The van der Waals surface area contributed by atoms with Crippen LogP contribution >= 0.6 is 0 Å². The summed E-state index contributed by atoms with van der Waals surface area (Å²) in [6.07, 6.45) is 0. The van der Waals surface area contributed by atoms with Crippen molar-refractivity contribution >= 4 is 10.0 Å². The van der Waals surface area contributed by atoms with Gasteiger partial charge in [0.25, 0.3) is 0 Å². The van der Waals surface area contributed by atoms with Gasteiger partial charge in [0.1, 0.15) is 0 Å².